The third kappa shape index (κ3) is 5.58. The number of hydrogen-bond acceptors (Lipinski definition) is 10. The van der Waals surface area contributed by atoms with Crippen molar-refractivity contribution in [3.63, 3.8) is 0 Å². The van der Waals surface area contributed by atoms with E-state index in [1.165, 1.54) is 12.1 Å². The average Bonchev–Trinajstić information content (AvgIpc) is 2.60. The Labute approximate surface area is 204 Å². The molecule has 1 radical (unpaired) electrons. The molecular weight excluding hydrogens is 487 g/mol. The smallest absolute Gasteiger partial charge is 0.871 e. The van der Waals surface area contributed by atoms with E-state index in [1.54, 1.807) is 24.3 Å². The molecule has 0 unspecified atom stereocenters. The molecule has 3 aromatic carbocycles. The van der Waals surface area contributed by atoms with Gasteiger partial charge >= 0.3 is 46.9 Å². The molecule has 0 saturated carbocycles. The molecule has 0 saturated heterocycles. The molecule has 0 heterocycles. The second-order valence-corrected chi connectivity index (χ2v) is 8.24. The Balaban J connectivity index is 0.00000225. The van der Waals surface area contributed by atoms with Crippen molar-refractivity contribution in [1.82, 2.24) is 0 Å². The van der Waals surface area contributed by atoms with Gasteiger partial charge in [0.25, 0.3) is 0 Å². The first-order valence-electron chi connectivity index (χ1n) is 7.36. The van der Waals surface area contributed by atoms with Gasteiger partial charge in [-0.15, -0.1) is 0 Å². The van der Waals surface area contributed by atoms with Gasteiger partial charge in [0.05, 0.1) is 16.3 Å². The van der Waals surface area contributed by atoms with Crippen molar-refractivity contribution in [2.24, 2.45) is 10.2 Å². The predicted octanol–water partition coefficient (Wildman–Crippen LogP) is -1.79. The Morgan fingerprint density at radius 1 is 0.800 bits per heavy atom. The van der Waals surface area contributed by atoms with Gasteiger partial charge in [0, 0.05) is 10.3 Å². The summed E-state index contributed by atoms with van der Waals surface area (Å²) in [6.45, 7) is 0. The normalized spacial score (nSPS) is 11.8. The second kappa shape index (κ2) is 9.73. The predicted molar refractivity (Wildman–Crippen MR) is 89.4 cm³/mol. The summed E-state index contributed by atoms with van der Waals surface area (Å²) in [5.74, 6) is -2.02. The summed E-state index contributed by atoms with van der Waals surface area (Å²) in [5, 5.41) is 32.3. The molecule has 0 aliphatic rings. The molecular formula is C16H8CrN2NaO8S2. The maximum Gasteiger partial charge on any atom is 3.00 e. The zero-order chi connectivity index (χ0) is 20.7. The second-order valence-electron chi connectivity index (χ2n) is 5.51. The molecule has 0 aliphatic carbocycles. The van der Waals surface area contributed by atoms with E-state index < -0.39 is 47.2 Å². The quantitative estimate of drug-likeness (QED) is 0.231. The molecule has 14 heteroatoms. The Kier molecular flexibility index (Phi) is 8.60. The molecule has 3 aromatic rings. The molecule has 3 rings (SSSR count). The van der Waals surface area contributed by atoms with E-state index in [9.17, 15) is 36.2 Å². The third-order valence-electron chi connectivity index (χ3n) is 3.69. The van der Waals surface area contributed by atoms with E-state index in [4.69, 9.17) is 0 Å². The van der Waals surface area contributed by atoms with Crippen LogP contribution in [0.1, 0.15) is 0 Å². The molecule has 0 amide bonds. The van der Waals surface area contributed by atoms with Crippen LogP contribution in [-0.2, 0) is 37.6 Å². The van der Waals surface area contributed by atoms with E-state index >= 15 is 0 Å². The van der Waals surface area contributed by atoms with Crippen molar-refractivity contribution in [1.29, 1.82) is 0 Å². The van der Waals surface area contributed by atoms with Gasteiger partial charge in [-0.3, -0.25) is 0 Å². The first-order valence-corrected chi connectivity index (χ1v) is 10.2. The van der Waals surface area contributed by atoms with Gasteiger partial charge in [-0.25, -0.2) is 16.8 Å². The van der Waals surface area contributed by atoms with Crippen molar-refractivity contribution in [3.05, 3.63) is 48.5 Å². The van der Waals surface area contributed by atoms with Gasteiger partial charge in [0.2, 0.25) is 0 Å². The minimum absolute atomic E-state index is 0. The van der Waals surface area contributed by atoms with Crippen LogP contribution in [0.5, 0.6) is 11.5 Å². The molecule has 0 N–H and O–H groups in total. The van der Waals surface area contributed by atoms with Gasteiger partial charge in [-0.2, -0.15) is 10.2 Å². The molecule has 0 spiro atoms. The van der Waals surface area contributed by atoms with Gasteiger partial charge in [-0.05, 0) is 17.5 Å². The Morgan fingerprint density at radius 2 is 1.43 bits per heavy atom. The molecule has 0 fully saturated rings. The zero-order valence-electron chi connectivity index (χ0n) is 15.0. The monoisotopic (exact) mass is 495 g/mol. The van der Waals surface area contributed by atoms with Crippen molar-refractivity contribution in [2.45, 2.75) is 9.79 Å². The number of rotatable bonds is 4. The van der Waals surface area contributed by atoms with Crippen molar-refractivity contribution < 1.29 is 83.1 Å². The van der Waals surface area contributed by atoms with Crippen LogP contribution < -0.4 is 39.8 Å². The van der Waals surface area contributed by atoms with Gasteiger partial charge in [0.1, 0.15) is 20.2 Å². The van der Waals surface area contributed by atoms with E-state index in [2.05, 4.69) is 10.2 Å². The van der Waals surface area contributed by atoms with Crippen molar-refractivity contribution in [2.75, 3.05) is 0 Å². The summed E-state index contributed by atoms with van der Waals surface area (Å²) in [5.41, 5.74) is -1.09. The Hall–Kier alpha value is -1.53. The summed E-state index contributed by atoms with van der Waals surface area (Å²) in [6, 6.07) is 9.93. The first kappa shape index (κ1) is 26.5. The number of nitrogens with zero attached hydrogens (tertiary/aromatic N) is 2. The minimum atomic E-state index is -5.39. The molecule has 0 aliphatic heterocycles. The van der Waals surface area contributed by atoms with Crippen molar-refractivity contribution in [3.8, 4) is 11.5 Å². The molecule has 10 nitrogen and oxygen atoms in total. The fourth-order valence-corrected chi connectivity index (χ4v) is 3.61. The molecule has 0 bridgehead atoms. The maximum atomic E-state index is 12.2. The summed E-state index contributed by atoms with van der Waals surface area (Å²) >= 11 is 0. The summed E-state index contributed by atoms with van der Waals surface area (Å²) < 4.78 is 67.2. The van der Waals surface area contributed by atoms with E-state index in [1.807, 2.05) is 0 Å². The van der Waals surface area contributed by atoms with E-state index in [0.29, 0.717) is 16.8 Å². The molecule has 0 atom stereocenters. The Morgan fingerprint density at radius 3 is 2.03 bits per heavy atom. The van der Waals surface area contributed by atoms with Gasteiger partial charge < -0.3 is 19.3 Å². The SMILES string of the molecule is O=S(=O)([O-])c1cc(N=Nc2c([O-])ccc3ccccc23)c([O-])c(S(=O)(=O)[O-])c1.[Cr+3].[Na+]. The number of benzene rings is 3. The van der Waals surface area contributed by atoms with Crippen molar-refractivity contribution >= 4 is 42.4 Å². The largest absolute Gasteiger partial charge is 3.00 e. The molecule has 149 valence electrons. The van der Waals surface area contributed by atoms with Crippen LogP contribution >= 0.6 is 0 Å². The molecule has 30 heavy (non-hydrogen) atoms. The summed E-state index contributed by atoms with van der Waals surface area (Å²) in [4.78, 5) is -2.60. The standard InChI is InChI=1S/C16H12N2O8S2.Cr.Na/c19-13-6-5-9-3-1-2-4-11(9)15(13)18-17-12-7-10(27(21,22)23)8-14(16(12)20)28(24,25)26;;/h1-8,19-20H,(H,21,22,23)(H,24,25,26);;/q;+3;+1/p-4. The zero-order valence-corrected chi connectivity index (χ0v) is 19.9. The minimum Gasteiger partial charge on any atom is -0.871 e. The number of azo groups is 1. The summed E-state index contributed by atoms with van der Waals surface area (Å²) in [7, 11) is -10.6. The third-order valence-corrected chi connectivity index (χ3v) is 5.34. The fraction of sp³-hybridized carbons (Fsp3) is 0. The number of hydrogen-bond donors (Lipinski definition) is 0. The van der Waals surface area contributed by atoms with Crippen LogP contribution in [0.2, 0.25) is 0 Å². The van der Waals surface area contributed by atoms with E-state index in [-0.39, 0.29) is 58.7 Å². The molecule has 0 aromatic heterocycles. The fourth-order valence-electron chi connectivity index (χ4n) is 2.41. The van der Waals surface area contributed by atoms with Crippen LogP contribution in [0, 0.1) is 0 Å². The van der Waals surface area contributed by atoms with Crippen LogP contribution in [0.15, 0.2) is 68.6 Å². The average molecular weight is 495 g/mol. The maximum absolute atomic E-state index is 12.2. The van der Waals surface area contributed by atoms with Crippen LogP contribution in [0.25, 0.3) is 10.8 Å². The Bertz CT molecular complexity index is 1340. The van der Waals surface area contributed by atoms with Gasteiger partial charge in [-0.1, -0.05) is 47.9 Å². The van der Waals surface area contributed by atoms with E-state index in [0.717, 1.165) is 0 Å². The topological polar surface area (TPSA) is 185 Å². The van der Waals surface area contributed by atoms with Crippen LogP contribution in [0.4, 0.5) is 11.4 Å². The van der Waals surface area contributed by atoms with Gasteiger partial charge in [0.15, 0.2) is 0 Å². The van der Waals surface area contributed by atoms with Crippen LogP contribution in [-0.4, -0.2) is 25.9 Å². The summed E-state index contributed by atoms with van der Waals surface area (Å²) in [6.07, 6.45) is 0. The van der Waals surface area contributed by atoms with Crippen LogP contribution in [0.3, 0.4) is 0 Å². The first-order chi connectivity index (χ1) is 13.0. The number of fused-ring (bicyclic) bond motifs is 1.